The third-order valence-electron chi connectivity index (χ3n) is 2.73. The van der Waals surface area contributed by atoms with Gasteiger partial charge >= 0.3 is 0 Å². The van der Waals surface area contributed by atoms with Gasteiger partial charge in [-0.3, -0.25) is 4.79 Å². The monoisotopic (exact) mass is 354 g/mol. The molecule has 0 radical (unpaired) electrons. The minimum absolute atomic E-state index is 0. The predicted molar refractivity (Wildman–Crippen MR) is 88.1 cm³/mol. The molecule has 106 valence electrons. The Hall–Kier alpha value is -1.36. The molecule has 2 aromatic rings. The van der Waals surface area contributed by atoms with E-state index >= 15 is 0 Å². The molecule has 0 fully saturated rings. The van der Waals surface area contributed by atoms with Gasteiger partial charge in [-0.2, -0.15) is 0 Å². The van der Waals surface area contributed by atoms with Crippen LogP contribution in [0.2, 0.25) is 0 Å². The number of rotatable bonds is 4. The van der Waals surface area contributed by atoms with Crippen LogP contribution in [0.1, 0.15) is 5.56 Å². The standard InChI is InChI=1S/C15H15BrN2O.ClH/c16-12-7-4-8-13(10-12)18-15(19)14(17)9-11-5-2-1-3-6-11;/h1-8,10,14H,9,17H2,(H,18,19);1H. The fourth-order valence-electron chi connectivity index (χ4n) is 1.76. The molecule has 0 heterocycles. The minimum atomic E-state index is -0.554. The summed E-state index contributed by atoms with van der Waals surface area (Å²) < 4.78 is 0.918. The van der Waals surface area contributed by atoms with Gasteiger partial charge in [0.25, 0.3) is 0 Å². The Morgan fingerprint density at radius 1 is 1.15 bits per heavy atom. The maximum absolute atomic E-state index is 12.0. The molecule has 2 aromatic carbocycles. The number of amides is 1. The minimum Gasteiger partial charge on any atom is -0.325 e. The van der Waals surface area contributed by atoms with E-state index in [0.29, 0.717) is 6.42 Å². The van der Waals surface area contributed by atoms with Crippen LogP contribution in [0.4, 0.5) is 5.69 Å². The summed E-state index contributed by atoms with van der Waals surface area (Å²) in [7, 11) is 0. The Morgan fingerprint density at radius 2 is 1.85 bits per heavy atom. The zero-order chi connectivity index (χ0) is 13.7. The number of nitrogens with two attached hydrogens (primary N) is 1. The average molecular weight is 356 g/mol. The summed E-state index contributed by atoms with van der Waals surface area (Å²) in [4.78, 5) is 12.0. The highest BCUT2D eigenvalue weighted by molar-refractivity contribution is 9.10. The molecule has 0 spiro atoms. The summed E-state index contributed by atoms with van der Waals surface area (Å²) in [6.07, 6.45) is 0.528. The fraction of sp³-hybridized carbons (Fsp3) is 0.133. The zero-order valence-electron chi connectivity index (χ0n) is 10.8. The second-order valence-corrected chi connectivity index (χ2v) is 5.21. The van der Waals surface area contributed by atoms with Crippen molar-refractivity contribution in [2.24, 2.45) is 5.73 Å². The summed E-state index contributed by atoms with van der Waals surface area (Å²) in [6, 6.07) is 16.6. The van der Waals surface area contributed by atoms with Crippen LogP contribution >= 0.6 is 28.3 Å². The van der Waals surface area contributed by atoms with E-state index in [2.05, 4.69) is 21.2 Å². The van der Waals surface area contributed by atoms with E-state index in [1.165, 1.54) is 0 Å². The van der Waals surface area contributed by atoms with E-state index in [0.717, 1.165) is 15.7 Å². The predicted octanol–water partition coefficient (Wildman–Crippen LogP) is 3.38. The normalized spacial score (nSPS) is 11.3. The van der Waals surface area contributed by atoms with Crippen LogP contribution in [-0.2, 0) is 11.2 Å². The van der Waals surface area contributed by atoms with Gasteiger partial charge in [0.05, 0.1) is 6.04 Å². The topological polar surface area (TPSA) is 55.1 Å². The highest BCUT2D eigenvalue weighted by atomic mass is 79.9. The van der Waals surface area contributed by atoms with E-state index < -0.39 is 6.04 Å². The van der Waals surface area contributed by atoms with Gasteiger partial charge < -0.3 is 11.1 Å². The van der Waals surface area contributed by atoms with Crippen LogP contribution in [0.3, 0.4) is 0 Å². The van der Waals surface area contributed by atoms with Gasteiger partial charge in [-0.1, -0.05) is 52.3 Å². The first-order chi connectivity index (χ1) is 9.15. The summed E-state index contributed by atoms with van der Waals surface area (Å²) in [6.45, 7) is 0. The summed E-state index contributed by atoms with van der Waals surface area (Å²) in [5.41, 5.74) is 7.71. The number of nitrogens with one attached hydrogen (secondary N) is 1. The van der Waals surface area contributed by atoms with Gasteiger partial charge in [0.1, 0.15) is 0 Å². The van der Waals surface area contributed by atoms with Crippen LogP contribution in [0.25, 0.3) is 0 Å². The molecule has 2 rings (SSSR count). The molecule has 1 amide bonds. The number of carbonyl (C=O) groups is 1. The molecule has 0 saturated heterocycles. The third-order valence-corrected chi connectivity index (χ3v) is 3.22. The van der Waals surface area contributed by atoms with Crippen molar-refractivity contribution < 1.29 is 4.79 Å². The molecule has 3 nitrogen and oxygen atoms in total. The average Bonchev–Trinajstić information content (AvgIpc) is 2.40. The Kier molecular flexibility index (Phi) is 6.71. The highest BCUT2D eigenvalue weighted by Crippen LogP contribution is 2.16. The molecular formula is C15H16BrClN2O. The van der Waals surface area contributed by atoms with E-state index in [-0.39, 0.29) is 18.3 Å². The maximum atomic E-state index is 12.0. The first-order valence-electron chi connectivity index (χ1n) is 6.01. The second-order valence-electron chi connectivity index (χ2n) is 4.30. The number of carbonyl (C=O) groups excluding carboxylic acids is 1. The van der Waals surface area contributed by atoms with Crippen LogP contribution in [-0.4, -0.2) is 11.9 Å². The Balaban J connectivity index is 0.00000200. The van der Waals surface area contributed by atoms with Gasteiger partial charge in [0, 0.05) is 10.2 Å². The van der Waals surface area contributed by atoms with Crippen molar-refractivity contribution in [3.63, 3.8) is 0 Å². The molecule has 1 atom stereocenters. The van der Waals surface area contributed by atoms with Crippen molar-refractivity contribution >= 4 is 39.9 Å². The molecule has 0 bridgehead atoms. The number of hydrogen-bond acceptors (Lipinski definition) is 2. The summed E-state index contributed by atoms with van der Waals surface area (Å²) in [5.74, 6) is -0.179. The molecule has 0 aliphatic heterocycles. The summed E-state index contributed by atoms with van der Waals surface area (Å²) in [5, 5.41) is 2.81. The largest absolute Gasteiger partial charge is 0.325 e. The molecule has 1 unspecified atom stereocenters. The lowest BCUT2D eigenvalue weighted by atomic mass is 10.1. The third kappa shape index (κ3) is 4.96. The lowest BCUT2D eigenvalue weighted by Gasteiger charge is -2.12. The van der Waals surface area contributed by atoms with E-state index in [4.69, 9.17) is 5.73 Å². The highest BCUT2D eigenvalue weighted by Gasteiger charge is 2.14. The van der Waals surface area contributed by atoms with Gasteiger partial charge in [-0.15, -0.1) is 12.4 Å². The lowest BCUT2D eigenvalue weighted by Crippen LogP contribution is -2.37. The SMILES string of the molecule is Cl.NC(Cc1ccccc1)C(=O)Nc1cccc(Br)c1. The Bertz CT molecular complexity index is 563. The van der Waals surface area contributed by atoms with Crippen molar-refractivity contribution in [1.82, 2.24) is 0 Å². The van der Waals surface area contributed by atoms with Crippen molar-refractivity contribution in [2.75, 3.05) is 5.32 Å². The molecular weight excluding hydrogens is 340 g/mol. The first-order valence-corrected chi connectivity index (χ1v) is 6.80. The Labute approximate surface area is 133 Å². The molecule has 0 aliphatic rings. The molecule has 20 heavy (non-hydrogen) atoms. The lowest BCUT2D eigenvalue weighted by molar-refractivity contribution is -0.117. The van der Waals surface area contributed by atoms with Crippen LogP contribution in [0.5, 0.6) is 0 Å². The quantitative estimate of drug-likeness (QED) is 0.883. The summed E-state index contributed by atoms with van der Waals surface area (Å²) >= 11 is 3.36. The van der Waals surface area contributed by atoms with E-state index in [9.17, 15) is 4.79 Å². The molecule has 0 aliphatic carbocycles. The number of hydrogen-bond donors (Lipinski definition) is 2. The van der Waals surface area contributed by atoms with E-state index in [1.54, 1.807) is 0 Å². The van der Waals surface area contributed by atoms with Crippen LogP contribution in [0, 0.1) is 0 Å². The zero-order valence-corrected chi connectivity index (χ0v) is 13.2. The van der Waals surface area contributed by atoms with Crippen LogP contribution < -0.4 is 11.1 Å². The smallest absolute Gasteiger partial charge is 0.241 e. The second kappa shape index (κ2) is 8.04. The maximum Gasteiger partial charge on any atom is 0.241 e. The van der Waals surface area contributed by atoms with Gasteiger partial charge in [0.15, 0.2) is 0 Å². The number of benzene rings is 2. The molecule has 0 saturated carbocycles. The van der Waals surface area contributed by atoms with Crippen molar-refractivity contribution in [1.29, 1.82) is 0 Å². The Morgan fingerprint density at radius 3 is 2.50 bits per heavy atom. The fourth-order valence-corrected chi connectivity index (χ4v) is 2.16. The molecule has 5 heteroatoms. The van der Waals surface area contributed by atoms with Gasteiger partial charge in [0.2, 0.25) is 5.91 Å². The number of halogens is 2. The molecule has 3 N–H and O–H groups in total. The van der Waals surface area contributed by atoms with Crippen molar-refractivity contribution in [2.45, 2.75) is 12.5 Å². The molecule has 0 aromatic heterocycles. The first kappa shape index (κ1) is 16.7. The number of anilines is 1. The van der Waals surface area contributed by atoms with Crippen molar-refractivity contribution in [3.05, 3.63) is 64.6 Å². The van der Waals surface area contributed by atoms with Crippen LogP contribution in [0.15, 0.2) is 59.1 Å². The van der Waals surface area contributed by atoms with Gasteiger partial charge in [-0.05, 0) is 30.2 Å². The van der Waals surface area contributed by atoms with Gasteiger partial charge in [-0.25, -0.2) is 0 Å². The van der Waals surface area contributed by atoms with E-state index in [1.807, 2.05) is 54.6 Å². The van der Waals surface area contributed by atoms with Crippen molar-refractivity contribution in [3.8, 4) is 0 Å².